The highest BCUT2D eigenvalue weighted by Gasteiger charge is 2.10. The monoisotopic (exact) mass is 439 g/mol. The molecule has 0 saturated heterocycles. The van der Waals surface area contributed by atoms with Crippen molar-refractivity contribution in [3.8, 4) is 11.3 Å². The zero-order valence-electron chi connectivity index (χ0n) is 11.7. The fourth-order valence-corrected chi connectivity index (χ4v) is 2.97. The van der Waals surface area contributed by atoms with E-state index in [1.165, 1.54) is 23.5 Å². The van der Waals surface area contributed by atoms with Gasteiger partial charge in [0.25, 0.3) is 0 Å². The topological polar surface area (TPSA) is 54.0 Å². The molecule has 0 spiro atoms. The molecule has 0 aliphatic rings. The standard InChI is InChI=1S/C16H11FIN3OS/c17-12-3-1-2-4-13(12)19-15(22)21-16-20-14(9-23-16)10-5-7-11(18)8-6-10/h1-9H,(H2,19,20,21,22). The zero-order valence-corrected chi connectivity index (χ0v) is 14.7. The molecule has 0 saturated carbocycles. The number of anilines is 2. The molecule has 0 bridgehead atoms. The lowest BCUT2D eigenvalue weighted by Crippen LogP contribution is -2.19. The molecule has 116 valence electrons. The largest absolute Gasteiger partial charge is 0.325 e. The van der Waals surface area contributed by atoms with Crippen LogP contribution in [0.3, 0.4) is 0 Å². The Labute approximate surface area is 149 Å². The van der Waals surface area contributed by atoms with Gasteiger partial charge in [0, 0.05) is 14.5 Å². The highest BCUT2D eigenvalue weighted by atomic mass is 127. The molecule has 2 aromatic carbocycles. The average Bonchev–Trinajstić information content (AvgIpc) is 2.98. The Balaban J connectivity index is 1.68. The number of thiazole rings is 1. The number of urea groups is 1. The van der Waals surface area contributed by atoms with Crippen molar-refractivity contribution in [2.75, 3.05) is 10.6 Å². The molecule has 3 aromatic rings. The second kappa shape index (κ2) is 7.05. The first kappa shape index (κ1) is 15.9. The smallest absolute Gasteiger partial charge is 0.305 e. The Hall–Kier alpha value is -2.00. The SMILES string of the molecule is O=C(Nc1nc(-c2ccc(I)cc2)cs1)Nc1ccccc1F. The summed E-state index contributed by atoms with van der Waals surface area (Å²) in [6, 6.07) is 13.4. The van der Waals surface area contributed by atoms with Crippen LogP contribution in [-0.2, 0) is 0 Å². The van der Waals surface area contributed by atoms with Crippen molar-refractivity contribution in [3.05, 3.63) is 63.3 Å². The minimum Gasteiger partial charge on any atom is -0.305 e. The van der Waals surface area contributed by atoms with E-state index in [0.717, 1.165) is 14.8 Å². The molecule has 3 rings (SSSR count). The summed E-state index contributed by atoms with van der Waals surface area (Å²) >= 11 is 3.55. The van der Waals surface area contributed by atoms with E-state index in [4.69, 9.17) is 0 Å². The van der Waals surface area contributed by atoms with Gasteiger partial charge >= 0.3 is 6.03 Å². The molecule has 7 heteroatoms. The molecule has 2 amide bonds. The van der Waals surface area contributed by atoms with Gasteiger partial charge in [-0.15, -0.1) is 11.3 Å². The van der Waals surface area contributed by atoms with E-state index in [1.807, 2.05) is 29.6 Å². The molecular weight excluding hydrogens is 428 g/mol. The molecule has 1 aromatic heterocycles. The normalized spacial score (nSPS) is 10.3. The predicted molar refractivity (Wildman–Crippen MR) is 99.3 cm³/mol. The van der Waals surface area contributed by atoms with Crippen LogP contribution in [0.25, 0.3) is 11.3 Å². The second-order valence-corrected chi connectivity index (χ2v) is 6.71. The Morgan fingerprint density at radius 2 is 1.83 bits per heavy atom. The summed E-state index contributed by atoms with van der Waals surface area (Å²) in [6.45, 7) is 0. The highest BCUT2D eigenvalue weighted by Crippen LogP contribution is 2.25. The number of para-hydroxylation sites is 1. The maximum absolute atomic E-state index is 13.5. The molecule has 4 nitrogen and oxygen atoms in total. The third-order valence-electron chi connectivity index (χ3n) is 2.99. The summed E-state index contributed by atoms with van der Waals surface area (Å²) in [6.07, 6.45) is 0. The molecule has 23 heavy (non-hydrogen) atoms. The van der Waals surface area contributed by atoms with Gasteiger partial charge in [0.1, 0.15) is 5.82 Å². The number of nitrogens with one attached hydrogen (secondary N) is 2. The van der Waals surface area contributed by atoms with Crippen molar-refractivity contribution < 1.29 is 9.18 Å². The fraction of sp³-hybridized carbons (Fsp3) is 0. The van der Waals surface area contributed by atoms with Gasteiger partial charge in [-0.05, 0) is 46.9 Å². The first-order chi connectivity index (χ1) is 11.1. The van der Waals surface area contributed by atoms with E-state index in [0.29, 0.717) is 5.13 Å². The molecule has 0 aliphatic carbocycles. The van der Waals surface area contributed by atoms with Crippen LogP contribution in [0.1, 0.15) is 0 Å². The summed E-state index contributed by atoms with van der Waals surface area (Å²) in [5.41, 5.74) is 1.89. The van der Waals surface area contributed by atoms with Gasteiger partial charge in [-0.2, -0.15) is 0 Å². The van der Waals surface area contributed by atoms with Crippen molar-refractivity contribution in [1.29, 1.82) is 0 Å². The van der Waals surface area contributed by atoms with Crippen LogP contribution in [0.15, 0.2) is 53.9 Å². The number of aromatic nitrogens is 1. The number of hydrogen-bond acceptors (Lipinski definition) is 3. The minimum absolute atomic E-state index is 0.124. The lowest BCUT2D eigenvalue weighted by atomic mass is 10.2. The van der Waals surface area contributed by atoms with E-state index in [9.17, 15) is 9.18 Å². The van der Waals surface area contributed by atoms with E-state index in [-0.39, 0.29) is 5.69 Å². The molecular formula is C16H11FIN3OS. The Bertz CT molecular complexity index is 835. The van der Waals surface area contributed by atoms with Crippen LogP contribution in [0.5, 0.6) is 0 Å². The average molecular weight is 439 g/mol. The van der Waals surface area contributed by atoms with Gasteiger partial charge in [0.05, 0.1) is 11.4 Å². The number of carbonyl (C=O) groups is 1. The number of nitrogens with zero attached hydrogens (tertiary/aromatic N) is 1. The van der Waals surface area contributed by atoms with Crippen LogP contribution in [0, 0.1) is 9.39 Å². The van der Waals surface area contributed by atoms with Gasteiger partial charge in [-0.3, -0.25) is 5.32 Å². The maximum Gasteiger partial charge on any atom is 0.325 e. The molecule has 1 heterocycles. The van der Waals surface area contributed by atoms with Crippen molar-refractivity contribution in [2.45, 2.75) is 0 Å². The van der Waals surface area contributed by atoms with Crippen molar-refractivity contribution in [1.82, 2.24) is 4.98 Å². The third-order valence-corrected chi connectivity index (χ3v) is 4.46. The maximum atomic E-state index is 13.5. The number of hydrogen-bond donors (Lipinski definition) is 2. The predicted octanol–water partition coefficient (Wildman–Crippen LogP) is 5.20. The quantitative estimate of drug-likeness (QED) is 0.552. The number of amides is 2. The van der Waals surface area contributed by atoms with Gasteiger partial charge in [-0.25, -0.2) is 14.2 Å². The van der Waals surface area contributed by atoms with Crippen molar-refractivity contribution in [3.63, 3.8) is 0 Å². The lowest BCUT2D eigenvalue weighted by Gasteiger charge is -2.05. The fourth-order valence-electron chi connectivity index (χ4n) is 1.90. The summed E-state index contributed by atoms with van der Waals surface area (Å²) in [5, 5.41) is 7.38. The molecule has 0 unspecified atom stereocenters. The highest BCUT2D eigenvalue weighted by molar-refractivity contribution is 14.1. The minimum atomic E-state index is -0.529. The Morgan fingerprint density at radius 3 is 2.57 bits per heavy atom. The molecule has 0 radical (unpaired) electrons. The first-order valence-corrected chi connectivity index (χ1v) is 8.61. The third kappa shape index (κ3) is 4.05. The lowest BCUT2D eigenvalue weighted by molar-refractivity contribution is 0.262. The van der Waals surface area contributed by atoms with Gasteiger partial charge in [0.15, 0.2) is 5.13 Å². The van der Waals surface area contributed by atoms with Crippen LogP contribution >= 0.6 is 33.9 Å². The summed E-state index contributed by atoms with van der Waals surface area (Å²) in [4.78, 5) is 16.3. The number of benzene rings is 2. The molecule has 0 aliphatic heterocycles. The van der Waals surface area contributed by atoms with Crippen molar-refractivity contribution >= 4 is 50.8 Å². The molecule has 0 fully saturated rings. The van der Waals surface area contributed by atoms with Crippen LogP contribution in [0.2, 0.25) is 0 Å². The van der Waals surface area contributed by atoms with Crippen LogP contribution < -0.4 is 10.6 Å². The van der Waals surface area contributed by atoms with Gasteiger partial charge < -0.3 is 5.32 Å². The Morgan fingerprint density at radius 1 is 1.09 bits per heavy atom. The number of halogens is 2. The van der Waals surface area contributed by atoms with E-state index >= 15 is 0 Å². The second-order valence-electron chi connectivity index (χ2n) is 4.60. The molecule has 0 atom stereocenters. The first-order valence-electron chi connectivity index (χ1n) is 6.66. The van der Waals surface area contributed by atoms with Gasteiger partial charge in [0.2, 0.25) is 0 Å². The summed E-state index contributed by atoms with van der Waals surface area (Å²) < 4.78 is 14.6. The van der Waals surface area contributed by atoms with Gasteiger partial charge in [-0.1, -0.05) is 24.3 Å². The summed E-state index contributed by atoms with van der Waals surface area (Å²) in [7, 11) is 0. The van der Waals surface area contributed by atoms with Crippen LogP contribution in [0.4, 0.5) is 20.0 Å². The number of carbonyl (C=O) groups excluding carboxylic acids is 1. The van der Waals surface area contributed by atoms with Crippen molar-refractivity contribution in [2.24, 2.45) is 0 Å². The zero-order chi connectivity index (χ0) is 16.2. The van der Waals surface area contributed by atoms with E-state index in [1.54, 1.807) is 12.1 Å². The number of rotatable bonds is 3. The van der Waals surface area contributed by atoms with Crippen LogP contribution in [-0.4, -0.2) is 11.0 Å². The summed E-state index contributed by atoms with van der Waals surface area (Å²) in [5.74, 6) is -0.485. The molecule has 2 N–H and O–H groups in total. The van der Waals surface area contributed by atoms with E-state index < -0.39 is 11.8 Å². The van der Waals surface area contributed by atoms with E-state index in [2.05, 4.69) is 38.2 Å². The Kier molecular flexibility index (Phi) is 4.87.